The highest BCUT2D eigenvalue weighted by Crippen LogP contribution is 2.57. The maximum Gasteiger partial charge on any atom is 0.150 e. The molecule has 3 heterocycles. The Bertz CT molecular complexity index is 579. The van der Waals surface area contributed by atoms with Gasteiger partial charge in [-0.1, -0.05) is 43.3 Å². The molecule has 110 valence electrons. The largest absolute Gasteiger partial charge is 0.319 e. The molecule has 1 aromatic carbocycles. The van der Waals surface area contributed by atoms with E-state index in [4.69, 9.17) is 0 Å². The zero-order chi connectivity index (χ0) is 14.6. The molecule has 0 aromatic heterocycles. The van der Waals surface area contributed by atoms with Gasteiger partial charge < -0.3 is 5.32 Å². The van der Waals surface area contributed by atoms with E-state index < -0.39 is 0 Å². The molecule has 1 aromatic rings. The Balaban J connectivity index is 1.59. The first-order valence-corrected chi connectivity index (χ1v) is 7.91. The molecule has 0 radical (unpaired) electrons. The van der Waals surface area contributed by atoms with Crippen LogP contribution in [0, 0.1) is 11.8 Å². The number of aldehydes is 1. The van der Waals surface area contributed by atoms with Crippen LogP contribution in [-0.2, 0) is 0 Å². The molecular formula is C18H22N2O. The van der Waals surface area contributed by atoms with Gasteiger partial charge in [-0.3, -0.25) is 9.69 Å². The molecule has 1 unspecified atom stereocenters. The Morgan fingerprint density at radius 2 is 2.05 bits per heavy atom. The summed E-state index contributed by atoms with van der Waals surface area (Å²) in [5, 5.41) is 3.37. The maximum atomic E-state index is 10.8. The van der Waals surface area contributed by atoms with Crippen LogP contribution in [0.4, 0.5) is 0 Å². The molecule has 3 aliphatic heterocycles. The molecule has 5 rings (SSSR count). The first kappa shape index (κ1) is 13.2. The van der Waals surface area contributed by atoms with Gasteiger partial charge in [0.1, 0.15) is 6.29 Å². The van der Waals surface area contributed by atoms with E-state index in [-0.39, 0.29) is 0 Å². The Morgan fingerprint density at radius 1 is 1.29 bits per heavy atom. The summed E-state index contributed by atoms with van der Waals surface area (Å²) in [7, 11) is 2.05. The fourth-order valence-electron chi connectivity index (χ4n) is 4.71. The fourth-order valence-corrected chi connectivity index (χ4v) is 4.71. The van der Waals surface area contributed by atoms with Crippen LogP contribution in [0.15, 0.2) is 36.4 Å². The third-order valence-electron chi connectivity index (χ3n) is 5.70. The van der Waals surface area contributed by atoms with Gasteiger partial charge in [0.05, 0.1) is 0 Å². The monoisotopic (exact) mass is 282 g/mol. The first-order valence-electron chi connectivity index (χ1n) is 7.91. The molecule has 4 bridgehead atoms. The van der Waals surface area contributed by atoms with E-state index in [2.05, 4.69) is 48.5 Å². The lowest BCUT2D eigenvalue weighted by molar-refractivity contribution is 0.112. The minimum absolute atomic E-state index is 0.509. The van der Waals surface area contributed by atoms with Crippen molar-refractivity contribution in [3.63, 3.8) is 0 Å². The molecule has 0 saturated carbocycles. The Morgan fingerprint density at radius 3 is 2.71 bits per heavy atom. The molecule has 2 fully saturated rings. The van der Waals surface area contributed by atoms with E-state index in [0.717, 1.165) is 30.4 Å². The molecular weight excluding hydrogens is 260 g/mol. The summed E-state index contributed by atoms with van der Waals surface area (Å²) in [5.41, 5.74) is 2.11. The highest BCUT2D eigenvalue weighted by molar-refractivity contribution is 5.74. The van der Waals surface area contributed by atoms with Crippen molar-refractivity contribution in [2.45, 2.75) is 31.0 Å². The van der Waals surface area contributed by atoms with Crippen molar-refractivity contribution < 1.29 is 4.79 Å². The molecule has 3 heteroatoms. The number of carbonyl (C=O) groups excluding carboxylic acids is 1. The van der Waals surface area contributed by atoms with Crippen LogP contribution in [-0.4, -0.2) is 42.9 Å². The zero-order valence-corrected chi connectivity index (χ0v) is 12.6. The third-order valence-corrected chi connectivity index (χ3v) is 5.70. The minimum atomic E-state index is 0.509. The van der Waals surface area contributed by atoms with E-state index in [0.29, 0.717) is 23.9 Å². The first-order chi connectivity index (χ1) is 10.3. The van der Waals surface area contributed by atoms with Gasteiger partial charge >= 0.3 is 0 Å². The number of hydrogen-bond acceptors (Lipinski definition) is 3. The maximum absolute atomic E-state index is 10.8. The van der Waals surface area contributed by atoms with Gasteiger partial charge in [0, 0.05) is 23.7 Å². The summed E-state index contributed by atoms with van der Waals surface area (Å²) in [5.74, 6) is 1.93. The number of hydrogen-bond donors (Lipinski definition) is 1. The molecule has 21 heavy (non-hydrogen) atoms. The van der Waals surface area contributed by atoms with Crippen molar-refractivity contribution in [1.29, 1.82) is 0 Å². The van der Waals surface area contributed by atoms with Crippen LogP contribution in [0.25, 0.3) is 0 Å². The summed E-state index contributed by atoms with van der Waals surface area (Å²) in [4.78, 5) is 13.5. The van der Waals surface area contributed by atoms with Gasteiger partial charge in [-0.25, -0.2) is 0 Å². The molecule has 7 atom stereocenters. The Kier molecular flexibility index (Phi) is 3.02. The number of rotatable bonds is 5. The van der Waals surface area contributed by atoms with Crippen LogP contribution in [0.2, 0.25) is 0 Å². The van der Waals surface area contributed by atoms with Crippen LogP contribution < -0.4 is 5.32 Å². The summed E-state index contributed by atoms with van der Waals surface area (Å²) in [6.45, 7) is 3.45. The number of benzene rings is 1. The smallest absolute Gasteiger partial charge is 0.150 e. The molecule has 0 spiro atoms. The van der Waals surface area contributed by atoms with Crippen molar-refractivity contribution in [1.82, 2.24) is 10.2 Å². The lowest BCUT2D eigenvalue weighted by atomic mass is 9.75. The predicted molar refractivity (Wildman–Crippen MR) is 83.5 cm³/mol. The second-order valence-electron chi connectivity index (χ2n) is 6.68. The minimum Gasteiger partial charge on any atom is -0.319 e. The second-order valence-corrected chi connectivity index (χ2v) is 6.68. The number of piperidine rings is 1. The average Bonchev–Trinajstić information content (AvgIpc) is 3.20. The number of carbonyl (C=O) groups is 1. The molecule has 3 nitrogen and oxygen atoms in total. The lowest BCUT2D eigenvalue weighted by Crippen LogP contribution is -2.39. The fraction of sp³-hybridized carbons (Fsp3) is 0.500. The van der Waals surface area contributed by atoms with E-state index in [9.17, 15) is 4.79 Å². The van der Waals surface area contributed by atoms with Crippen molar-refractivity contribution in [3.8, 4) is 0 Å². The average molecular weight is 282 g/mol. The lowest BCUT2D eigenvalue weighted by Gasteiger charge is -2.34. The molecule has 1 N–H and O–H groups in total. The van der Waals surface area contributed by atoms with Crippen LogP contribution in [0.1, 0.15) is 28.8 Å². The van der Waals surface area contributed by atoms with Gasteiger partial charge in [-0.2, -0.15) is 0 Å². The third kappa shape index (κ3) is 1.84. The van der Waals surface area contributed by atoms with E-state index in [1.807, 2.05) is 12.1 Å². The van der Waals surface area contributed by atoms with Crippen LogP contribution in [0.5, 0.6) is 0 Å². The number of nitrogens with one attached hydrogen (secondary N) is 1. The van der Waals surface area contributed by atoms with E-state index in [1.54, 1.807) is 0 Å². The zero-order valence-electron chi connectivity index (χ0n) is 12.6. The SMILES string of the molecule is CNC[C@H]1[C@@H]2C=C[C@@H]3[C@H]1N3[C@H]2[C@H](C)c1ccc(C=O)cc1. The summed E-state index contributed by atoms with van der Waals surface area (Å²) < 4.78 is 0. The molecule has 2 saturated heterocycles. The van der Waals surface area contributed by atoms with Crippen molar-refractivity contribution in [2.75, 3.05) is 13.6 Å². The Labute approximate surface area is 126 Å². The van der Waals surface area contributed by atoms with Gasteiger partial charge in [-0.15, -0.1) is 0 Å². The van der Waals surface area contributed by atoms with Gasteiger partial charge in [0.2, 0.25) is 0 Å². The number of nitrogens with zero attached hydrogens (tertiary/aromatic N) is 1. The highest BCUT2D eigenvalue weighted by Gasteiger charge is 2.66. The van der Waals surface area contributed by atoms with Crippen molar-refractivity contribution in [2.24, 2.45) is 11.8 Å². The summed E-state index contributed by atoms with van der Waals surface area (Å²) >= 11 is 0. The highest BCUT2D eigenvalue weighted by atomic mass is 16.1. The standard InChI is InChI=1S/C18H22N2O/c1-11(13-5-3-12(10-21)4-6-13)17-14-7-8-16-18(20(16)17)15(14)9-19-2/h3-8,10-11,14-19H,9H2,1-2H3/t11-,14+,15+,16-,17+,18+,20?/m1/s1. The predicted octanol–water partition coefficient (Wildman–Crippen LogP) is 2.06. The van der Waals surface area contributed by atoms with Crippen molar-refractivity contribution >= 4 is 6.29 Å². The van der Waals surface area contributed by atoms with Gasteiger partial charge in [0.25, 0.3) is 0 Å². The van der Waals surface area contributed by atoms with Crippen LogP contribution >= 0.6 is 0 Å². The second kappa shape index (κ2) is 4.79. The Hall–Kier alpha value is -1.45. The molecule has 0 amide bonds. The normalized spacial score (nSPS) is 40.1. The molecule has 1 aliphatic carbocycles. The van der Waals surface area contributed by atoms with Gasteiger partial charge in [0.15, 0.2) is 0 Å². The van der Waals surface area contributed by atoms with Crippen LogP contribution in [0.3, 0.4) is 0 Å². The molecule has 4 aliphatic rings. The van der Waals surface area contributed by atoms with Gasteiger partial charge in [-0.05, 0) is 36.9 Å². The summed E-state index contributed by atoms with van der Waals surface area (Å²) in [6, 6.07) is 10.2. The summed E-state index contributed by atoms with van der Waals surface area (Å²) in [6.07, 6.45) is 5.77. The van der Waals surface area contributed by atoms with Crippen molar-refractivity contribution in [3.05, 3.63) is 47.5 Å². The van der Waals surface area contributed by atoms with E-state index in [1.165, 1.54) is 5.56 Å². The van der Waals surface area contributed by atoms with E-state index >= 15 is 0 Å². The topological polar surface area (TPSA) is 32.1 Å². The quantitative estimate of drug-likeness (QED) is 0.510.